The molecule has 0 saturated carbocycles. The van der Waals surface area contributed by atoms with Gasteiger partial charge in [0.05, 0.1) is 11.6 Å². The first-order valence-corrected chi connectivity index (χ1v) is 10.00. The molecule has 27 heavy (non-hydrogen) atoms. The summed E-state index contributed by atoms with van der Waals surface area (Å²) >= 11 is 0. The second-order valence-corrected chi connectivity index (χ2v) is 7.64. The maximum atomic E-state index is 9.10. The van der Waals surface area contributed by atoms with Gasteiger partial charge in [0.2, 0.25) is 0 Å². The Morgan fingerprint density at radius 3 is 2.81 bits per heavy atom. The van der Waals surface area contributed by atoms with E-state index in [4.69, 9.17) is 9.68 Å². The van der Waals surface area contributed by atoms with E-state index in [2.05, 4.69) is 36.1 Å². The summed E-state index contributed by atoms with van der Waals surface area (Å²) in [5.74, 6) is 1.07. The van der Waals surface area contributed by atoms with Gasteiger partial charge in [-0.2, -0.15) is 5.26 Å². The molecule has 1 fully saturated rings. The van der Waals surface area contributed by atoms with Crippen LogP contribution in [0.1, 0.15) is 43.9 Å². The van der Waals surface area contributed by atoms with Crippen molar-refractivity contribution in [3.63, 3.8) is 0 Å². The minimum atomic E-state index is 0.688. The lowest BCUT2D eigenvalue weighted by Gasteiger charge is -2.20. The van der Waals surface area contributed by atoms with E-state index in [0.29, 0.717) is 5.56 Å². The highest BCUT2D eigenvalue weighted by Crippen LogP contribution is 2.28. The number of hydrogen-bond acceptors (Lipinski definition) is 3. The van der Waals surface area contributed by atoms with Gasteiger partial charge in [-0.05, 0) is 87.2 Å². The topological polar surface area (TPSA) is 40.2 Å². The monoisotopic (exact) mass is 358 g/mol. The van der Waals surface area contributed by atoms with E-state index < -0.39 is 0 Å². The Hall–Kier alpha value is -2.57. The van der Waals surface area contributed by atoms with E-state index in [-0.39, 0.29) is 0 Å². The van der Waals surface area contributed by atoms with Crippen LogP contribution in [0.15, 0.2) is 52.9 Å². The van der Waals surface area contributed by atoms with E-state index in [1.54, 1.807) is 0 Å². The average molecular weight is 358 g/mol. The van der Waals surface area contributed by atoms with E-state index >= 15 is 0 Å². The molecule has 1 aliphatic heterocycles. The Balaban J connectivity index is 1.41. The Labute approximate surface area is 161 Å². The van der Waals surface area contributed by atoms with Gasteiger partial charge < -0.3 is 9.32 Å². The quantitative estimate of drug-likeness (QED) is 0.525. The van der Waals surface area contributed by atoms with Crippen molar-refractivity contribution in [2.45, 2.75) is 45.1 Å². The number of nitriles is 1. The number of likely N-dealkylation sites (tertiary alicyclic amines) is 1. The molecule has 4 rings (SSSR count). The molecule has 138 valence electrons. The number of rotatable bonds is 6. The summed E-state index contributed by atoms with van der Waals surface area (Å²) in [4.78, 5) is 2.61. The summed E-state index contributed by atoms with van der Waals surface area (Å²) in [6, 6.07) is 19.1. The van der Waals surface area contributed by atoms with Gasteiger partial charge in [0.1, 0.15) is 11.3 Å². The van der Waals surface area contributed by atoms with Crippen molar-refractivity contribution in [2.24, 2.45) is 0 Å². The number of fused-ring (bicyclic) bond motifs is 1. The van der Waals surface area contributed by atoms with Gasteiger partial charge in [-0.25, -0.2) is 0 Å². The van der Waals surface area contributed by atoms with Crippen molar-refractivity contribution in [2.75, 3.05) is 13.1 Å². The molecule has 0 radical (unpaired) electrons. The van der Waals surface area contributed by atoms with Crippen molar-refractivity contribution in [3.8, 4) is 17.2 Å². The minimum absolute atomic E-state index is 0.688. The second kappa shape index (κ2) is 7.98. The fraction of sp³-hybridized carbons (Fsp3) is 0.375. The molecular formula is C24H26N2O. The maximum absolute atomic E-state index is 9.10. The van der Waals surface area contributed by atoms with Gasteiger partial charge in [-0.3, -0.25) is 0 Å². The third kappa shape index (κ3) is 4.07. The molecule has 0 spiro atoms. The zero-order valence-electron chi connectivity index (χ0n) is 15.9. The first-order valence-electron chi connectivity index (χ1n) is 10.00. The molecule has 1 aromatic heterocycles. The molecule has 1 atom stereocenters. The summed E-state index contributed by atoms with van der Waals surface area (Å²) in [5.41, 5.74) is 3.82. The summed E-state index contributed by atoms with van der Waals surface area (Å²) in [6.45, 7) is 4.82. The first kappa shape index (κ1) is 17.8. The van der Waals surface area contributed by atoms with Crippen molar-refractivity contribution >= 4 is 11.0 Å². The zero-order valence-corrected chi connectivity index (χ0v) is 15.9. The SMILES string of the molecule is C[C@@H]1CCCN1CCCCc1cc2cc(-c3cccc(C#N)c3)ccc2o1. The molecule has 0 unspecified atom stereocenters. The van der Waals surface area contributed by atoms with Crippen LogP contribution in [0.3, 0.4) is 0 Å². The van der Waals surface area contributed by atoms with Crippen LogP contribution in [0.4, 0.5) is 0 Å². The van der Waals surface area contributed by atoms with Crippen LogP contribution in [0.25, 0.3) is 22.1 Å². The van der Waals surface area contributed by atoms with Crippen molar-refractivity contribution in [1.29, 1.82) is 5.26 Å². The third-order valence-electron chi connectivity index (χ3n) is 5.70. The van der Waals surface area contributed by atoms with Gasteiger partial charge in [0, 0.05) is 17.8 Å². The molecule has 2 aromatic carbocycles. The normalized spacial score (nSPS) is 17.4. The van der Waals surface area contributed by atoms with Gasteiger partial charge >= 0.3 is 0 Å². The number of benzene rings is 2. The maximum Gasteiger partial charge on any atom is 0.134 e. The lowest BCUT2D eigenvalue weighted by atomic mass is 10.0. The molecule has 0 aliphatic carbocycles. The number of nitrogens with zero attached hydrogens (tertiary/aromatic N) is 2. The standard InChI is InChI=1S/C24H26N2O/c1-18-6-5-13-26(18)12-3-2-9-23-16-22-15-21(10-11-24(22)27-23)20-8-4-7-19(14-20)17-25/h4,7-8,10-11,14-16,18H,2-3,5-6,9,12-13H2,1H3/t18-/m1/s1. The molecule has 3 aromatic rings. The molecule has 2 heterocycles. The third-order valence-corrected chi connectivity index (χ3v) is 5.70. The Morgan fingerprint density at radius 1 is 1.11 bits per heavy atom. The Bertz CT molecular complexity index is 966. The van der Waals surface area contributed by atoms with Gasteiger partial charge in [0.25, 0.3) is 0 Å². The highest BCUT2D eigenvalue weighted by molar-refractivity contribution is 5.84. The Morgan fingerprint density at radius 2 is 2.00 bits per heavy atom. The Kier molecular flexibility index (Phi) is 5.27. The van der Waals surface area contributed by atoms with Crippen molar-refractivity contribution in [3.05, 3.63) is 59.9 Å². The molecule has 3 nitrogen and oxygen atoms in total. The van der Waals surface area contributed by atoms with Gasteiger partial charge in [-0.1, -0.05) is 18.2 Å². The highest BCUT2D eigenvalue weighted by atomic mass is 16.3. The summed E-state index contributed by atoms with van der Waals surface area (Å²) in [6.07, 6.45) is 6.09. The summed E-state index contributed by atoms with van der Waals surface area (Å²) in [7, 11) is 0. The molecule has 1 saturated heterocycles. The number of unbranched alkanes of at least 4 members (excludes halogenated alkanes) is 1. The number of furan rings is 1. The zero-order chi connectivity index (χ0) is 18.6. The largest absolute Gasteiger partial charge is 0.461 e. The van der Waals surface area contributed by atoms with Gasteiger partial charge in [0.15, 0.2) is 0 Å². The van der Waals surface area contributed by atoms with Crippen LogP contribution >= 0.6 is 0 Å². The van der Waals surface area contributed by atoms with E-state index in [1.807, 2.05) is 30.3 Å². The van der Waals surface area contributed by atoms with Crippen LogP contribution in [0.2, 0.25) is 0 Å². The lowest BCUT2D eigenvalue weighted by molar-refractivity contribution is 0.262. The van der Waals surface area contributed by atoms with Gasteiger partial charge in [-0.15, -0.1) is 0 Å². The molecule has 3 heteroatoms. The molecule has 0 N–H and O–H groups in total. The lowest BCUT2D eigenvalue weighted by Crippen LogP contribution is -2.27. The fourth-order valence-electron chi connectivity index (χ4n) is 4.11. The van der Waals surface area contributed by atoms with Crippen molar-refractivity contribution < 1.29 is 4.42 Å². The molecule has 1 aliphatic rings. The van der Waals surface area contributed by atoms with Crippen molar-refractivity contribution in [1.82, 2.24) is 4.90 Å². The highest BCUT2D eigenvalue weighted by Gasteiger charge is 2.19. The predicted molar refractivity (Wildman–Crippen MR) is 110 cm³/mol. The van der Waals surface area contributed by atoms with Crippen LogP contribution in [-0.2, 0) is 6.42 Å². The van der Waals surface area contributed by atoms with Crippen LogP contribution in [0.5, 0.6) is 0 Å². The molecule has 0 amide bonds. The second-order valence-electron chi connectivity index (χ2n) is 7.64. The van der Waals surface area contributed by atoms with E-state index in [0.717, 1.165) is 40.3 Å². The van der Waals surface area contributed by atoms with Crippen LogP contribution < -0.4 is 0 Å². The fourth-order valence-corrected chi connectivity index (χ4v) is 4.11. The number of aryl methyl sites for hydroxylation is 1. The number of hydrogen-bond donors (Lipinski definition) is 0. The van der Waals surface area contributed by atoms with Crippen LogP contribution in [0, 0.1) is 11.3 Å². The summed E-state index contributed by atoms with van der Waals surface area (Å²) in [5, 5.41) is 10.2. The average Bonchev–Trinajstić information content (AvgIpc) is 3.30. The summed E-state index contributed by atoms with van der Waals surface area (Å²) < 4.78 is 6.03. The van der Waals surface area contributed by atoms with Crippen LogP contribution in [-0.4, -0.2) is 24.0 Å². The predicted octanol–water partition coefficient (Wildman–Crippen LogP) is 5.78. The first-order chi connectivity index (χ1) is 13.2. The molecular weight excluding hydrogens is 332 g/mol. The van der Waals surface area contributed by atoms with E-state index in [1.165, 1.54) is 38.8 Å². The minimum Gasteiger partial charge on any atom is -0.461 e. The van der Waals surface area contributed by atoms with E-state index in [9.17, 15) is 0 Å². The smallest absolute Gasteiger partial charge is 0.134 e. The molecule has 0 bridgehead atoms.